The number of nitrogens with zero attached hydrogens (tertiary/aromatic N) is 3. The lowest BCUT2D eigenvalue weighted by Crippen LogP contribution is -2.18. The van der Waals surface area contributed by atoms with Crippen molar-refractivity contribution in [2.45, 2.75) is 25.2 Å². The summed E-state index contributed by atoms with van der Waals surface area (Å²) in [6.07, 6.45) is 0.152. The number of carbonyl (C=O) groups is 2. The second-order valence-electron chi connectivity index (χ2n) is 7.14. The van der Waals surface area contributed by atoms with E-state index < -0.39 is 0 Å². The predicted molar refractivity (Wildman–Crippen MR) is 127 cm³/mol. The molecule has 31 heavy (non-hydrogen) atoms. The van der Waals surface area contributed by atoms with E-state index in [0.29, 0.717) is 20.6 Å². The fraction of sp³-hybridized carbons (Fsp3) is 0.227. The highest BCUT2D eigenvalue weighted by molar-refractivity contribution is 8.13. The van der Waals surface area contributed by atoms with Gasteiger partial charge in [0.15, 0.2) is 0 Å². The maximum Gasteiger partial charge on any atom is 0.286 e. The molecular weight excluding hydrogens is 455 g/mol. The third-order valence-electron chi connectivity index (χ3n) is 4.65. The Labute approximate surface area is 195 Å². The maximum atomic E-state index is 12.8. The quantitative estimate of drug-likeness (QED) is 0.475. The van der Waals surface area contributed by atoms with Gasteiger partial charge in [0.05, 0.1) is 33.5 Å². The van der Waals surface area contributed by atoms with Crippen LogP contribution in [0.15, 0.2) is 47.4 Å². The number of benzene rings is 2. The Kier molecular flexibility index (Phi) is 7.30. The molecule has 0 aliphatic rings. The fourth-order valence-electron chi connectivity index (χ4n) is 3.00. The minimum absolute atomic E-state index is 0.115. The molecular formula is C22H22Cl2N4O2S. The molecule has 0 aliphatic carbocycles. The highest BCUT2D eigenvalue weighted by atomic mass is 35.5. The third kappa shape index (κ3) is 5.42. The number of anilines is 1. The average molecular weight is 477 g/mol. The van der Waals surface area contributed by atoms with Crippen LogP contribution in [0.25, 0.3) is 5.69 Å². The summed E-state index contributed by atoms with van der Waals surface area (Å²) in [6, 6.07) is 12.5. The van der Waals surface area contributed by atoms with E-state index in [1.165, 1.54) is 4.90 Å². The lowest BCUT2D eigenvalue weighted by molar-refractivity contribution is -0.115. The summed E-state index contributed by atoms with van der Waals surface area (Å²) in [7, 11) is 3.38. The van der Waals surface area contributed by atoms with Crippen LogP contribution in [0.4, 0.5) is 10.5 Å². The molecule has 0 spiro atoms. The highest BCUT2D eigenvalue weighted by Gasteiger charge is 2.18. The zero-order valence-electron chi connectivity index (χ0n) is 17.6. The smallest absolute Gasteiger partial charge is 0.286 e. The number of halogens is 2. The van der Waals surface area contributed by atoms with Crippen molar-refractivity contribution in [3.8, 4) is 5.69 Å². The number of rotatable bonds is 5. The van der Waals surface area contributed by atoms with Crippen LogP contribution in [0, 0.1) is 13.8 Å². The van der Waals surface area contributed by atoms with E-state index in [1.54, 1.807) is 43.0 Å². The van der Waals surface area contributed by atoms with Gasteiger partial charge in [-0.1, -0.05) is 35.3 Å². The molecule has 1 aromatic heterocycles. The minimum Gasteiger partial charge on any atom is -0.339 e. The summed E-state index contributed by atoms with van der Waals surface area (Å²) in [5.41, 5.74) is 3.80. The van der Waals surface area contributed by atoms with Crippen LogP contribution in [0.5, 0.6) is 0 Å². The van der Waals surface area contributed by atoms with Crippen LogP contribution in [0.3, 0.4) is 0 Å². The Bertz CT molecular complexity index is 1140. The molecule has 162 valence electrons. The molecule has 0 radical (unpaired) electrons. The van der Waals surface area contributed by atoms with Gasteiger partial charge in [-0.25, -0.2) is 4.68 Å². The van der Waals surface area contributed by atoms with Crippen LogP contribution in [0.2, 0.25) is 10.0 Å². The summed E-state index contributed by atoms with van der Waals surface area (Å²) in [4.78, 5) is 27.1. The van der Waals surface area contributed by atoms with Crippen LogP contribution >= 0.6 is 35.0 Å². The molecule has 1 N–H and O–H groups in total. The van der Waals surface area contributed by atoms with Crippen molar-refractivity contribution in [3.05, 3.63) is 69.5 Å². The normalized spacial score (nSPS) is 10.8. The van der Waals surface area contributed by atoms with Crippen molar-refractivity contribution in [1.82, 2.24) is 14.7 Å². The second kappa shape index (κ2) is 9.77. The number of aryl methyl sites for hydroxylation is 1. The Hall–Kier alpha value is -2.48. The Morgan fingerprint density at radius 2 is 1.81 bits per heavy atom. The molecule has 0 saturated heterocycles. The van der Waals surface area contributed by atoms with E-state index in [4.69, 9.17) is 23.2 Å². The molecule has 6 nitrogen and oxygen atoms in total. The highest BCUT2D eigenvalue weighted by Crippen LogP contribution is 2.29. The van der Waals surface area contributed by atoms with Gasteiger partial charge >= 0.3 is 0 Å². The number of carbonyl (C=O) groups excluding carboxylic acids is 2. The molecule has 0 unspecified atom stereocenters. The summed E-state index contributed by atoms with van der Waals surface area (Å²) in [5, 5.41) is 8.28. The molecule has 0 fully saturated rings. The van der Waals surface area contributed by atoms with Crippen molar-refractivity contribution in [3.63, 3.8) is 0 Å². The van der Waals surface area contributed by atoms with E-state index in [1.807, 2.05) is 32.0 Å². The van der Waals surface area contributed by atoms with Gasteiger partial charge in [0.2, 0.25) is 5.91 Å². The van der Waals surface area contributed by atoms with Gasteiger partial charge in [-0.15, -0.1) is 0 Å². The van der Waals surface area contributed by atoms with E-state index in [-0.39, 0.29) is 17.6 Å². The summed E-state index contributed by atoms with van der Waals surface area (Å²) < 4.78 is 1.75. The first kappa shape index (κ1) is 23.2. The van der Waals surface area contributed by atoms with E-state index in [0.717, 1.165) is 34.4 Å². The van der Waals surface area contributed by atoms with Gasteiger partial charge in [-0.2, -0.15) is 5.10 Å². The van der Waals surface area contributed by atoms with Crippen LogP contribution in [0.1, 0.15) is 17.0 Å². The van der Waals surface area contributed by atoms with Crippen LogP contribution < -0.4 is 5.32 Å². The van der Waals surface area contributed by atoms with E-state index in [9.17, 15) is 9.59 Å². The van der Waals surface area contributed by atoms with Gasteiger partial charge in [0.1, 0.15) is 0 Å². The zero-order valence-corrected chi connectivity index (χ0v) is 19.9. The van der Waals surface area contributed by atoms with Crippen molar-refractivity contribution in [1.29, 1.82) is 0 Å². The number of thioether (sulfide) groups is 1. The van der Waals surface area contributed by atoms with Crippen molar-refractivity contribution in [2.75, 3.05) is 19.4 Å². The summed E-state index contributed by atoms with van der Waals surface area (Å²) in [6.45, 7) is 3.77. The molecule has 0 bridgehead atoms. The van der Waals surface area contributed by atoms with Crippen molar-refractivity contribution in [2.24, 2.45) is 0 Å². The van der Waals surface area contributed by atoms with Gasteiger partial charge in [-0.3, -0.25) is 9.59 Å². The van der Waals surface area contributed by atoms with E-state index in [2.05, 4.69) is 10.4 Å². The molecule has 0 aliphatic heterocycles. The number of nitrogens with one attached hydrogen (secondary N) is 1. The lowest BCUT2D eigenvalue weighted by Gasteiger charge is -2.13. The molecule has 0 atom stereocenters. The van der Waals surface area contributed by atoms with Gasteiger partial charge < -0.3 is 10.2 Å². The topological polar surface area (TPSA) is 67.2 Å². The average Bonchev–Trinajstić information content (AvgIpc) is 2.99. The molecule has 1 heterocycles. The van der Waals surface area contributed by atoms with Crippen molar-refractivity contribution < 1.29 is 9.59 Å². The zero-order chi connectivity index (χ0) is 22.7. The molecule has 2 amide bonds. The Morgan fingerprint density at radius 1 is 1.10 bits per heavy atom. The molecule has 9 heteroatoms. The first-order chi connectivity index (χ1) is 14.7. The monoisotopic (exact) mass is 476 g/mol. The summed E-state index contributed by atoms with van der Waals surface area (Å²) in [5.74, 6) is -0.190. The number of aromatic nitrogens is 2. The maximum absolute atomic E-state index is 12.8. The first-order valence-electron chi connectivity index (χ1n) is 9.46. The standard InChI is InChI=1S/C22H22Cl2N4O2S/c1-13-16(14(2)28(26-13)15-9-10-17(23)18(24)11-15)12-21(29)25-19-7-5-6-8-20(19)31-22(30)27(3)4/h5-11H,12H2,1-4H3,(H,25,29). The fourth-order valence-corrected chi connectivity index (χ4v) is 4.04. The lowest BCUT2D eigenvalue weighted by atomic mass is 10.1. The Balaban J connectivity index is 1.80. The van der Waals surface area contributed by atoms with Gasteiger partial charge in [0, 0.05) is 30.2 Å². The Morgan fingerprint density at radius 3 is 2.48 bits per heavy atom. The largest absolute Gasteiger partial charge is 0.339 e. The van der Waals surface area contributed by atoms with Crippen molar-refractivity contribution >= 4 is 51.8 Å². The predicted octanol–water partition coefficient (Wildman–Crippen LogP) is 5.75. The molecule has 0 saturated carbocycles. The SMILES string of the molecule is Cc1nn(-c2ccc(Cl)c(Cl)c2)c(C)c1CC(=O)Nc1ccccc1SC(=O)N(C)C. The van der Waals surface area contributed by atoms with Crippen LogP contribution in [-0.4, -0.2) is 39.9 Å². The number of amides is 2. The second-order valence-corrected chi connectivity index (χ2v) is 8.95. The first-order valence-corrected chi connectivity index (χ1v) is 11.0. The number of hydrogen-bond acceptors (Lipinski definition) is 4. The number of hydrogen-bond donors (Lipinski definition) is 1. The molecule has 3 aromatic rings. The van der Waals surface area contributed by atoms with Gasteiger partial charge in [0.25, 0.3) is 5.24 Å². The third-order valence-corrected chi connectivity index (χ3v) is 6.50. The van der Waals surface area contributed by atoms with Crippen LogP contribution in [-0.2, 0) is 11.2 Å². The number of para-hydroxylation sites is 1. The molecule has 2 aromatic carbocycles. The van der Waals surface area contributed by atoms with Gasteiger partial charge in [-0.05, 0) is 55.9 Å². The van der Waals surface area contributed by atoms with E-state index >= 15 is 0 Å². The molecule has 3 rings (SSSR count). The summed E-state index contributed by atoms with van der Waals surface area (Å²) >= 11 is 13.2. The minimum atomic E-state index is -0.190.